The van der Waals surface area contributed by atoms with Crippen molar-refractivity contribution >= 4 is 29.1 Å². The monoisotopic (exact) mass is 454 g/mol. The number of carbonyl (C=O) groups excluding carboxylic acids is 1. The maximum Gasteiger partial charge on any atom is 0.416 e. The fourth-order valence-corrected chi connectivity index (χ4v) is 4.39. The van der Waals surface area contributed by atoms with Crippen molar-refractivity contribution in [3.05, 3.63) is 77.1 Å². The van der Waals surface area contributed by atoms with Crippen LogP contribution in [0.1, 0.15) is 22.8 Å². The number of thioether (sulfide) groups is 1. The van der Waals surface area contributed by atoms with Crippen molar-refractivity contribution in [1.82, 2.24) is 9.97 Å². The van der Waals surface area contributed by atoms with E-state index in [4.69, 9.17) is 4.74 Å². The zero-order valence-electron chi connectivity index (χ0n) is 15.5. The van der Waals surface area contributed by atoms with Crippen LogP contribution in [-0.4, -0.2) is 26.8 Å². The number of ether oxygens (including phenoxy) is 1. The summed E-state index contributed by atoms with van der Waals surface area (Å²) in [4.78, 5) is 20.8. The molecule has 2 atom stereocenters. The molecule has 1 N–H and O–H groups in total. The van der Waals surface area contributed by atoms with Crippen LogP contribution in [0.5, 0.6) is 0 Å². The molecule has 0 saturated heterocycles. The third-order valence-corrected chi connectivity index (χ3v) is 6.23. The Morgan fingerprint density at radius 1 is 1.23 bits per heavy atom. The number of esters is 1. The molecule has 0 bridgehead atoms. The lowest BCUT2D eigenvalue weighted by Crippen LogP contribution is -2.27. The third-order valence-electron chi connectivity index (χ3n) is 4.14. The molecule has 0 aliphatic heterocycles. The number of alkyl halides is 3. The van der Waals surface area contributed by atoms with E-state index in [1.54, 1.807) is 29.9 Å². The van der Waals surface area contributed by atoms with Crippen LogP contribution in [0.4, 0.5) is 13.2 Å². The van der Waals surface area contributed by atoms with Gasteiger partial charge in [-0.15, -0.1) is 11.3 Å². The van der Waals surface area contributed by atoms with Crippen molar-refractivity contribution < 1.29 is 27.8 Å². The van der Waals surface area contributed by atoms with Gasteiger partial charge >= 0.3 is 12.1 Å². The second-order valence-corrected chi connectivity index (χ2v) is 8.41. The molecule has 1 aromatic carbocycles. The summed E-state index contributed by atoms with van der Waals surface area (Å²) in [6.07, 6.45) is -1.04. The number of carbonyl (C=O) groups is 1. The highest BCUT2D eigenvalue weighted by Gasteiger charge is 2.32. The summed E-state index contributed by atoms with van der Waals surface area (Å²) in [6.45, 7) is -0.332. The van der Waals surface area contributed by atoms with Crippen LogP contribution in [0.3, 0.4) is 0 Å². The summed E-state index contributed by atoms with van der Waals surface area (Å²) in [6, 6.07) is 7.86. The molecular weight excluding hydrogens is 437 g/mol. The minimum atomic E-state index is -4.48. The van der Waals surface area contributed by atoms with Gasteiger partial charge in [0.25, 0.3) is 0 Å². The Morgan fingerprint density at radius 3 is 2.73 bits per heavy atom. The molecule has 3 rings (SSSR count). The number of hydrogen-bond acceptors (Lipinski definition) is 7. The molecule has 10 heteroatoms. The van der Waals surface area contributed by atoms with Crippen LogP contribution in [0.15, 0.2) is 64.7 Å². The number of thiazole rings is 1. The highest BCUT2D eigenvalue weighted by molar-refractivity contribution is 8.01. The third kappa shape index (κ3) is 6.04. The largest absolute Gasteiger partial charge is 0.460 e. The molecule has 3 aromatic rings. The molecule has 30 heavy (non-hydrogen) atoms. The van der Waals surface area contributed by atoms with Crippen LogP contribution in [0.25, 0.3) is 0 Å². The van der Waals surface area contributed by atoms with E-state index >= 15 is 0 Å². The van der Waals surface area contributed by atoms with E-state index in [0.717, 1.165) is 16.5 Å². The summed E-state index contributed by atoms with van der Waals surface area (Å²) < 4.78 is 44.6. The summed E-state index contributed by atoms with van der Waals surface area (Å²) in [5.74, 6) is -1.48. The van der Waals surface area contributed by atoms with Gasteiger partial charge in [0, 0.05) is 29.7 Å². The number of aromatic nitrogens is 2. The van der Waals surface area contributed by atoms with Crippen LogP contribution in [0.2, 0.25) is 0 Å². The molecule has 2 heterocycles. The van der Waals surface area contributed by atoms with Crippen molar-refractivity contribution in [2.24, 2.45) is 5.92 Å². The Labute approximate surface area is 179 Å². The Morgan fingerprint density at radius 2 is 2.07 bits per heavy atom. The van der Waals surface area contributed by atoms with Gasteiger partial charge in [0.15, 0.2) is 0 Å². The predicted octanol–water partition coefficient (Wildman–Crippen LogP) is 4.74. The fraction of sp³-hybridized carbons (Fsp3) is 0.250. The van der Waals surface area contributed by atoms with E-state index in [-0.39, 0.29) is 17.9 Å². The number of nitrogens with zero attached hydrogens (tertiary/aromatic N) is 2. The standard InChI is InChI=1S/C20H17F3N2O3S2/c21-20(22,23)15-5-1-3-13(9-15)11-28-18(27)16(12-30-19-25-7-8-29-19)17(26)14-4-2-6-24-10-14/h1-10,16-17,26H,11-12H2. The number of pyridine rings is 1. The van der Waals surface area contributed by atoms with Gasteiger partial charge in [0.1, 0.15) is 10.9 Å². The number of halogens is 3. The minimum Gasteiger partial charge on any atom is -0.460 e. The van der Waals surface area contributed by atoms with Crippen molar-refractivity contribution in [3.8, 4) is 0 Å². The van der Waals surface area contributed by atoms with Crippen LogP contribution in [0, 0.1) is 5.92 Å². The molecule has 5 nitrogen and oxygen atoms in total. The van der Waals surface area contributed by atoms with Crippen LogP contribution >= 0.6 is 23.1 Å². The van der Waals surface area contributed by atoms with Crippen LogP contribution in [-0.2, 0) is 22.3 Å². The highest BCUT2D eigenvalue weighted by atomic mass is 32.2. The molecule has 0 saturated carbocycles. The second-order valence-electron chi connectivity index (χ2n) is 6.25. The zero-order chi connectivity index (χ0) is 21.6. The molecule has 0 aliphatic carbocycles. The Kier molecular flexibility index (Phi) is 7.46. The first-order valence-corrected chi connectivity index (χ1v) is 10.6. The maximum atomic E-state index is 12.9. The first-order valence-electron chi connectivity index (χ1n) is 8.77. The topological polar surface area (TPSA) is 72.3 Å². The van der Waals surface area contributed by atoms with Gasteiger partial charge in [0.2, 0.25) is 0 Å². The van der Waals surface area contributed by atoms with Gasteiger partial charge in [-0.2, -0.15) is 13.2 Å². The quantitative estimate of drug-likeness (QED) is 0.392. The Bertz CT molecular complexity index is 953. The Hall–Kier alpha value is -2.43. The van der Waals surface area contributed by atoms with Gasteiger partial charge in [-0.05, 0) is 29.3 Å². The lowest BCUT2D eigenvalue weighted by molar-refractivity contribution is -0.153. The summed E-state index contributed by atoms with van der Waals surface area (Å²) in [5.41, 5.74) is -0.166. The van der Waals surface area contributed by atoms with Gasteiger partial charge in [0.05, 0.1) is 17.6 Å². The number of aliphatic hydroxyl groups is 1. The van der Waals surface area contributed by atoms with E-state index in [0.29, 0.717) is 5.56 Å². The lowest BCUT2D eigenvalue weighted by Gasteiger charge is -2.21. The summed E-state index contributed by atoms with van der Waals surface area (Å²) >= 11 is 2.69. The average Bonchev–Trinajstić information content (AvgIpc) is 3.26. The SMILES string of the molecule is O=C(OCc1cccc(C(F)(F)F)c1)C(CSc1nccs1)C(O)c1cccnc1. The van der Waals surface area contributed by atoms with E-state index < -0.39 is 29.7 Å². The number of rotatable bonds is 8. The van der Waals surface area contributed by atoms with Crippen molar-refractivity contribution in [2.75, 3.05) is 5.75 Å². The predicted molar refractivity (Wildman–Crippen MR) is 107 cm³/mol. The lowest BCUT2D eigenvalue weighted by atomic mass is 9.99. The number of hydrogen-bond donors (Lipinski definition) is 1. The van der Waals surface area contributed by atoms with Gasteiger partial charge in [-0.3, -0.25) is 9.78 Å². The molecule has 0 spiro atoms. The van der Waals surface area contributed by atoms with E-state index in [9.17, 15) is 23.1 Å². The van der Waals surface area contributed by atoms with Crippen LogP contribution < -0.4 is 0 Å². The molecule has 0 fully saturated rings. The molecule has 158 valence electrons. The normalized spacial score (nSPS) is 13.6. The van der Waals surface area contributed by atoms with Gasteiger partial charge in [-0.1, -0.05) is 30.0 Å². The Balaban J connectivity index is 1.71. The van der Waals surface area contributed by atoms with E-state index in [2.05, 4.69) is 9.97 Å². The summed E-state index contributed by atoms with van der Waals surface area (Å²) in [5, 5.41) is 12.5. The number of benzene rings is 1. The molecule has 0 radical (unpaired) electrons. The highest BCUT2D eigenvalue weighted by Crippen LogP contribution is 2.32. The maximum absolute atomic E-state index is 12.9. The smallest absolute Gasteiger partial charge is 0.416 e. The molecule has 0 amide bonds. The van der Waals surface area contributed by atoms with Gasteiger partial charge in [-0.25, -0.2) is 4.98 Å². The zero-order valence-corrected chi connectivity index (χ0v) is 17.1. The number of aliphatic hydroxyl groups excluding tert-OH is 1. The van der Waals surface area contributed by atoms with Crippen molar-refractivity contribution in [1.29, 1.82) is 0 Å². The minimum absolute atomic E-state index is 0.186. The second kappa shape index (κ2) is 10.1. The molecule has 0 aliphatic rings. The molecular formula is C20H17F3N2O3S2. The average molecular weight is 454 g/mol. The molecule has 2 aromatic heterocycles. The van der Waals surface area contributed by atoms with E-state index in [1.165, 1.54) is 41.4 Å². The summed E-state index contributed by atoms with van der Waals surface area (Å²) in [7, 11) is 0. The first kappa shape index (κ1) is 22.3. The van der Waals surface area contributed by atoms with E-state index in [1.807, 2.05) is 0 Å². The van der Waals surface area contributed by atoms with Crippen molar-refractivity contribution in [2.45, 2.75) is 23.2 Å². The van der Waals surface area contributed by atoms with Gasteiger partial charge < -0.3 is 9.84 Å². The van der Waals surface area contributed by atoms with Crippen molar-refractivity contribution in [3.63, 3.8) is 0 Å². The fourth-order valence-electron chi connectivity index (χ4n) is 2.61. The first-order chi connectivity index (χ1) is 14.3. The molecule has 2 unspecified atom stereocenters.